The monoisotopic (exact) mass is 204 g/mol. The van der Waals surface area contributed by atoms with Crippen LogP contribution in [0, 0.1) is 0 Å². The molecular formula is C9H20N2OS. The van der Waals surface area contributed by atoms with Crippen LogP contribution >= 0.6 is 11.8 Å². The van der Waals surface area contributed by atoms with Crippen LogP contribution in [0.4, 0.5) is 0 Å². The Morgan fingerprint density at radius 2 is 2.08 bits per heavy atom. The van der Waals surface area contributed by atoms with Crippen molar-refractivity contribution in [2.24, 2.45) is 10.7 Å². The summed E-state index contributed by atoms with van der Waals surface area (Å²) >= 11 is 1.59. The lowest BCUT2D eigenvalue weighted by molar-refractivity contribution is 0.301. The molecular weight excluding hydrogens is 184 g/mol. The number of aliphatic imine (C=N–C) groups is 1. The third-order valence-electron chi connectivity index (χ3n) is 1.26. The van der Waals surface area contributed by atoms with Crippen LogP contribution < -0.4 is 5.73 Å². The maximum atomic E-state index is 8.65. The van der Waals surface area contributed by atoms with Crippen LogP contribution in [0.25, 0.3) is 0 Å². The van der Waals surface area contributed by atoms with E-state index in [1.165, 1.54) is 6.34 Å². The molecule has 0 fully saturated rings. The van der Waals surface area contributed by atoms with Crippen LogP contribution in [0.3, 0.4) is 0 Å². The van der Waals surface area contributed by atoms with Gasteiger partial charge in [-0.05, 0) is 13.2 Å². The molecule has 78 valence electrons. The lowest BCUT2D eigenvalue weighted by Gasteiger charge is -2.02. The molecule has 3 nitrogen and oxygen atoms in total. The summed E-state index contributed by atoms with van der Waals surface area (Å²) in [5.41, 5.74) is 6.00. The van der Waals surface area contributed by atoms with Crippen LogP contribution in [0.2, 0.25) is 0 Å². The molecule has 0 rings (SSSR count). The van der Waals surface area contributed by atoms with E-state index in [9.17, 15) is 0 Å². The van der Waals surface area contributed by atoms with Crippen molar-refractivity contribution >= 4 is 18.1 Å². The van der Waals surface area contributed by atoms with E-state index in [2.05, 4.69) is 4.99 Å². The highest BCUT2D eigenvalue weighted by molar-refractivity contribution is 8.02. The average molecular weight is 204 g/mol. The summed E-state index contributed by atoms with van der Waals surface area (Å²) in [5, 5.41) is 8.65. The molecule has 13 heavy (non-hydrogen) atoms. The van der Waals surface area contributed by atoms with Gasteiger partial charge in [0, 0.05) is 23.6 Å². The predicted octanol–water partition coefficient (Wildman–Crippen LogP) is 1.98. The summed E-state index contributed by atoms with van der Waals surface area (Å²) in [4.78, 5) is 4.99. The molecule has 0 aromatic carbocycles. The lowest BCUT2D eigenvalue weighted by atomic mass is 10.3. The standard InChI is InChI=1S/C7H14N2OS.C2H6/c1-6(9-5-8)7(11-2)3-4-10;1-2/h5,10H,3-4H2,1-2H3,(H2,8,9);1-2H3/b7-6-;. The first-order valence-electron chi connectivity index (χ1n) is 4.35. The van der Waals surface area contributed by atoms with Crippen molar-refractivity contribution in [1.29, 1.82) is 0 Å². The Labute approximate surface area is 85.1 Å². The molecule has 0 aromatic heterocycles. The molecule has 0 spiro atoms. The normalized spacial score (nSPS) is 12.1. The maximum absolute atomic E-state index is 8.65. The highest BCUT2D eigenvalue weighted by atomic mass is 32.2. The molecule has 0 saturated heterocycles. The SMILES string of the molecule is CC.CS/C(CCO)=C(/C)N=CN. The third-order valence-corrected chi connectivity index (χ3v) is 2.25. The van der Waals surface area contributed by atoms with Gasteiger partial charge < -0.3 is 10.8 Å². The molecule has 0 aliphatic heterocycles. The van der Waals surface area contributed by atoms with Crippen LogP contribution in [-0.4, -0.2) is 24.3 Å². The number of allylic oxidation sites excluding steroid dienone is 1. The topological polar surface area (TPSA) is 58.6 Å². The van der Waals surface area contributed by atoms with Crippen molar-refractivity contribution in [3.63, 3.8) is 0 Å². The highest BCUT2D eigenvalue weighted by Crippen LogP contribution is 2.20. The minimum Gasteiger partial charge on any atom is -0.396 e. The smallest absolute Gasteiger partial charge is 0.0856 e. The maximum Gasteiger partial charge on any atom is 0.0856 e. The van der Waals surface area contributed by atoms with Crippen LogP contribution in [0.1, 0.15) is 27.2 Å². The van der Waals surface area contributed by atoms with Crippen LogP contribution in [0.15, 0.2) is 15.6 Å². The van der Waals surface area contributed by atoms with E-state index in [1.807, 2.05) is 27.0 Å². The van der Waals surface area contributed by atoms with E-state index in [4.69, 9.17) is 10.8 Å². The Kier molecular flexibility index (Phi) is 13.3. The molecule has 0 saturated carbocycles. The van der Waals surface area contributed by atoms with Gasteiger partial charge in [-0.3, -0.25) is 0 Å². The fourth-order valence-electron chi connectivity index (χ4n) is 0.716. The van der Waals surface area contributed by atoms with Gasteiger partial charge in [-0.15, -0.1) is 11.8 Å². The second-order valence-corrected chi connectivity index (χ2v) is 2.87. The Morgan fingerprint density at radius 1 is 1.54 bits per heavy atom. The summed E-state index contributed by atoms with van der Waals surface area (Å²) < 4.78 is 0. The largest absolute Gasteiger partial charge is 0.396 e. The number of hydrogen-bond donors (Lipinski definition) is 2. The van der Waals surface area contributed by atoms with Gasteiger partial charge in [0.05, 0.1) is 6.34 Å². The first kappa shape index (κ1) is 15.0. The van der Waals surface area contributed by atoms with Crippen molar-refractivity contribution in [3.05, 3.63) is 10.6 Å². The Hall–Kier alpha value is -0.480. The Morgan fingerprint density at radius 3 is 2.38 bits per heavy atom. The van der Waals surface area contributed by atoms with Gasteiger partial charge >= 0.3 is 0 Å². The van der Waals surface area contributed by atoms with Gasteiger partial charge in [0.2, 0.25) is 0 Å². The van der Waals surface area contributed by atoms with Crippen molar-refractivity contribution in [2.45, 2.75) is 27.2 Å². The Bertz CT molecular complexity index is 167. The number of nitrogens with zero attached hydrogens (tertiary/aromatic N) is 1. The molecule has 0 bridgehead atoms. The van der Waals surface area contributed by atoms with Gasteiger partial charge in [-0.1, -0.05) is 13.8 Å². The summed E-state index contributed by atoms with van der Waals surface area (Å²) in [6.07, 6.45) is 3.88. The quantitative estimate of drug-likeness (QED) is 0.544. The molecule has 0 aromatic rings. The summed E-state index contributed by atoms with van der Waals surface area (Å²) in [5.74, 6) is 0. The zero-order valence-electron chi connectivity index (χ0n) is 8.87. The summed E-state index contributed by atoms with van der Waals surface area (Å²) in [6, 6.07) is 0. The van der Waals surface area contributed by atoms with Crippen molar-refractivity contribution in [2.75, 3.05) is 12.9 Å². The third kappa shape index (κ3) is 7.87. The number of rotatable bonds is 4. The van der Waals surface area contributed by atoms with E-state index in [0.29, 0.717) is 6.42 Å². The van der Waals surface area contributed by atoms with Gasteiger partial charge in [-0.25, -0.2) is 4.99 Å². The number of aliphatic hydroxyl groups excluding tert-OH is 1. The first-order chi connectivity index (χ1) is 6.26. The van der Waals surface area contributed by atoms with Crippen LogP contribution in [0.5, 0.6) is 0 Å². The lowest BCUT2D eigenvalue weighted by Crippen LogP contribution is -1.92. The number of hydrogen-bond acceptors (Lipinski definition) is 3. The van der Waals surface area contributed by atoms with Gasteiger partial charge in [-0.2, -0.15) is 0 Å². The second kappa shape index (κ2) is 11.5. The zero-order valence-corrected chi connectivity index (χ0v) is 9.69. The fraction of sp³-hybridized carbons (Fsp3) is 0.667. The van der Waals surface area contributed by atoms with E-state index >= 15 is 0 Å². The van der Waals surface area contributed by atoms with E-state index in [0.717, 1.165) is 10.6 Å². The summed E-state index contributed by atoms with van der Waals surface area (Å²) in [6.45, 7) is 6.04. The minimum absolute atomic E-state index is 0.160. The van der Waals surface area contributed by atoms with E-state index in [1.54, 1.807) is 11.8 Å². The second-order valence-electron chi connectivity index (χ2n) is 1.96. The average Bonchev–Trinajstić information content (AvgIpc) is 2.17. The Balaban J connectivity index is 0. The number of aliphatic hydroxyl groups is 1. The zero-order chi connectivity index (χ0) is 10.7. The molecule has 0 atom stereocenters. The molecule has 0 heterocycles. The molecule has 4 heteroatoms. The van der Waals surface area contributed by atoms with Gasteiger partial charge in [0.1, 0.15) is 0 Å². The highest BCUT2D eigenvalue weighted by Gasteiger charge is 1.97. The van der Waals surface area contributed by atoms with Crippen LogP contribution in [-0.2, 0) is 0 Å². The van der Waals surface area contributed by atoms with Crippen molar-refractivity contribution in [3.8, 4) is 0 Å². The predicted molar refractivity (Wildman–Crippen MR) is 61.9 cm³/mol. The molecule has 0 aliphatic carbocycles. The molecule has 0 amide bonds. The van der Waals surface area contributed by atoms with E-state index < -0.39 is 0 Å². The number of thioether (sulfide) groups is 1. The minimum atomic E-state index is 0.160. The first-order valence-corrected chi connectivity index (χ1v) is 5.57. The van der Waals surface area contributed by atoms with Crippen molar-refractivity contribution < 1.29 is 5.11 Å². The fourth-order valence-corrected chi connectivity index (χ4v) is 1.36. The molecule has 0 aliphatic rings. The van der Waals surface area contributed by atoms with Gasteiger partial charge in [0.15, 0.2) is 0 Å². The summed E-state index contributed by atoms with van der Waals surface area (Å²) in [7, 11) is 0. The number of nitrogens with two attached hydrogens (primary N) is 1. The molecule has 3 N–H and O–H groups in total. The molecule has 0 radical (unpaired) electrons. The molecule has 0 unspecified atom stereocenters. The van der Waals surface area contributed by atoms with E-state index in [-0.39, 0.29) is 6.61 Å². The van der Waals surface area contributed by atoms with Gasteiger partial charge in [0.25, 0.3) is 0 Å². The van der Waals surface area contributed by atoms with Crippen molar-refractivity contribution in [1.82, 2.24) is 0 Å².